The second-order valence-corrected chi connectivity index (χ2v) is 8.76. The molecule has 0 aliphatic heterocycles. The number of quaternary nitrogens is 1. The summed E-state index contributed by atoms with van der Waals surface area (Å²) in [5.41, 5.74) is 0.368. The number of likely N-dealkylation sites (N-methyl/N-ethyl adjacent to an activating group) is 1. The van der Waals surface area contributed by atoms with Crippen molar-refractivity contribution in [3.05, 3.63) is 12.2 Å². The third-order valence-electron chi connectivity index (χ3n) is 5.08. The predicted molar refractivity (Wildman–Crippen MR) is 115 cm³/mol. The van der Waals surface area contributed by atoms with E-state index < -0.39 is 12.1 Å². The van der Waals surface area contributed by atoms with Gasteiger partial charge in [-0.05, 0) is 19.8 Å². The van der Waals surface area contributed by atoms with E-state index in [9.17, 15) is 9.90 Å². The van der Waals surface area contributed by atoms with E-state index in [-0.39, 0.29) is 6.61 Å². The molecule has 1 unspecified atom stereocenters. The lowest BCUT2D eigenvalue weighted by Gasteiger charge is -2.31. The van der Waals surface area contributed by atoms with Crippen LogP contribution < -0.4 is 0 Å². The monoisotopic (exact) mass is 384 g/mol. The fraction of sp³-hybridized carbons (Fsp3) is 0.870. The number of nitrogens with zero attached hydrogens (tertiary/aromatic N) is 1. The lowest BCUT2D eigenvalue weighted by molar-refractivity contribution is -0.893. The van der Waals surface area contributed by atoms with Crippen molar-refractivity contribution in [2.45, 2.75) is 97.0 Å². The van der Waals surface area contributed by atoms with E-state index in [1.807, 2.05) is 0 Å². The van der Waals surface area contributed by atoms with Crippen LogP contribution in [0, 0.1) is 0 Å². The van der Waals surface area contributed by atoms with Crippen LogP contribution in [-0.4, -0.2) is 55.5 Å². The molecule has 27 heavy (non-hydrogen) atoms. The van der Waals surface area contributed by atoms with Crippen LogP contribution in [0.2, 0.25) is 0 Å². The molecule has 0 bridgehead atoms. The standard InChI is InChI=1S/C23H46NO3/c1-6-7-8-9-10-11-12-13-14-15-16-17-18-24(4,5)19-22(25)20-27-23(26)21(2)3/h22,25H,2,6-20H2,1,3-5H3/q+1. The minimum absolute atomic E-state index is 0.0474. The summed E-state index contributed by atoms with van der Waals surface area (Å²) in [5, 5.41) is 10.1. The SMILES string of the molecule is C=C(C)C(=O)OCC(O)C[N+](C)(C)CCCCCCCCCCCCCC. The van der Waals surface area contributed by atoms with Crippen LogP contribution in [-0.2, 0) is 9.53 Å². The molecule has 0 fully saturated rings. The van der Waals surface area contributed by atoms with Gasteiger partial charge in [0.05, 0.1) is 20.6 Å². The molecule has 0 saturated carbocycles. The zero-order chi connectivity index (χ0) is 20.5. The first-order valence-electron chi connectivity index (χ1n) is 11.1. The predicted octanol–water partition coefficient (Wildman–Crippen LogP) is 5.24. The fourth-order valence-electron chi connectivity index (χ4n) is 3.39. The maximum atomic E-state index is 11.4. The van der Waals surface area contributed by atoms with Crippen LogP contribution >= 0.6 is 0 Å². The Kier molecular flexibility index (Phi) is 15.6. The molecule has 0 rings (SSSR count). The van der Waals surface area contributed by atoms with Crippen LogP contribution in [0.5, 0.6) is 0 Å². The summed E-state index contributed by atoms with van der Waals surface area (Å²) in [6.07, 6.45) is 15.6. The van der Waals surface area contributed by atoms with Crippen LogP contribution in [0.4, 0.5) is 0 Å². The number of aliphatic hydroxyl groups is 1. The van der Waals surface area contributed by atoms with Gasteiger partial charge in [0.2, 0.25) is 0 Å². The highest BCUT2D eigenvalue weighted by molar-refractivity contribution is 5.86. The van der Waals surface area contributed by atoms with Gasteiger partial charge >= 0.3 is 5.97 Å². The van der Waals surface area contributed by atoms with Crippen molar-refractivity contribution in [2.75, 3.05) is 33.8 Å². The Labute approximate surface area is 168 Å². The summed E-state index contributed by atoms with van der Waals surface area (Å²) in [7, 11) is 4.25. The summed E-state index contributed by atoms with van der Waals surface area (Å²) >= 11 is 0. The molecule has 0 aromatic heterocycles. The third kappa shape index (κ3) is 17.0. The summed E-state index contributed by atoms with van der Waals surface area (Å²) in [5.74, 6) is -0.430. The molecule has 0 saturated heterocycles. The van der Waals surface area contributed by atoms with Gasteiger partial charge in [0, 0.05) is 5.57 Å². The Morgan fingerprint density at radius 3 is 1.81 bits per heavy atom. The third-order valence-corrected chi connectivity index (χ3v) is 5.08. The zero-order valence-corrected chi connectivity index (χ0v) is 18.6. The minimum Gasteiger partial charge on any atom is -0.459 e. The number of aliphatic hydroxyl groups excluding tert-OH is 1. The van der Waals surface area contributed by atoms with Crippen molar-refractivity contribution in [3.8, 4) is 0 Å². The summed E-state index contributed by atoms with van der Waals surface area (Å²) in [4.78, 5) is 11.4. The average molecular weight is 385 g/mol. The largest absolute Gasteiger partial charge is 0.459 e. The van der Waals surface area contributed by atoms with Crippen LogP contribution in [0.15, 0.2) is 12.2 Å². The molecule has 0 aromatic rings. The molecule has 1 atom stereocenters. The molecule has 1 N–H and O–H groups in total. The molecule has 0 aliphatic rings. The van der Waals surface area contributed by atoms with E-state index in [0.717, 1.165) is 11.0 Å². The van der Waals surface area contributed by atoms with Crippen molar-refractivity contribution >= 4 is 5.97 Å². The lowest BCUT2D eigenvalue weighted by Crippen LogP contribution is -2.47. The molecule has 4 nitrogen and oxygen atoms in total. The Morgan fingerprint density at radius 1 is 0.926 bits per heavy atom. The van der Waals surface area contributed by atoms with Crippen molar-refractivity contribution in [3.63, 3.8) is 0 Å². The van der Waals surface area contributed by atoms with Crippen molar-refractivity contribution in [1.29, 1.82) is 0 Å². The van der Waals surface area contributed by atoms with Gasteiger partial charge in [-0.2, -0.15) is 0 Å². The highest BCUT2D eigenvalue weighted by Gasteiger charge is 2.21. The van der Waals surface area contributed by atoms with Crippen molar-refractivity contribution in [2.24, 2.45) is 0 Å². The van der Waals surface area contributed by atoms with E-state index >= 15 is 0 Å². The Morgan fingerprint density at radius 2 is 1.37 bits per heavy atom. The highest BCUT2D eigenvalue weighted by atomic mass is 16.5. The summed E-state index contributed by atoms with van der Waals surface area (Å²) < 4.78 is 5.78. The van der Waals surface area contributed by atoms with E-state index in [4.69, 9.17) is 4.74 Å². The van der Waals surface area contributed by atoms with Gasteiger partial charge in [0.1, 0.15) is 19.3 Å². The van der Waals surface area contributed by atoms with Crippen LogP contribution in [0.1, 0.15) is 90.9 Å². The highest BCUT2D eigenvalue weighted by Crippen LogP contribution is 2.13. The number of carbonyl (C=O) groups excluding carboxylic acids is 1. The number of hydrogen-bond donors (Lipinski definition) is 1. The smallest absolute Gasteiger partial charge is 0.333 e. The van der Waals surface area contributed by atoms with Gasteiger partial charge in [0.25, 0.3) is 0 Å². The molecular formula is C23H46NO3+. The maximum Gasteiger partial charge on any atom is 0.333 e. The first-order valence-corrected chi connectivity index (χ1v) is 11.1. The summed E-state index contributed by atoms with van der Waals surface area (Å²) in [6, 6.07) is 0. The number of carbonyl (C=O) groups is 1. The van der Waals surface area contributed by atoms with E-state index in [0.29, 0.717) is 12.1 Å². The molecule has 0 heterocycles. The first-order chi connectivity index (χ1) is 12.8. The Balaban J connectivity index is 3.58. The zero-order valence-electron chi connectivity index (χ0n) is 18.6. The van der Waals surface area contributed by atoms with E-state index in [1.54, 1.807) is 6.92 Å². The topological polar surface area (TPSA) is 46.5 Å². The van der Waals surface area contributed by atoms with Crippen molar-refractivity contribution < 1.29 is 19.1 Å². The molecular weight excluding hydrogens is 338 g/mol. The Hall–Kier alpha value is -0.870. The molecule has 0 spiro atoms. The summed E-state index contributed by atoms with van der Waals surface area (Å²) in [6.45, 7) is 9.12. The van der Waals surface area contributed by atoms with Crippen LogP contribution in [0.25, 0.3) is 0 Å². The lowest BCUT2D eigenvalue weighted by atomic mass is 10.1. The van der Waals surface area contributed by atoms with Gasteiger partial charge in [-0.25, -0.2) is 4.79 Å². The number of ether oxygens (including phenoxy) is 1. The maximum absolute atomic E-state index is 11.4. The first kappa shape index (κ1) is 26.1. The van der Waals surface area contributed by atoms with Crippen molar-refractivity contribution in [1.82, 2.24) is 0 Å². The van der Waals surface area contributed by atoms with Gasteiger partial charge in [0.15, 0.2) is 0 Å². The fourth-order valence-corrected chi connectivity index (χ4v) is 3.39. The molecule has 0 radical (unpaired) electrons. The van der Waals surface area contributed by atoms with Gasteiger partial charge in [-0.1, -0.05) is 77.7 Å². The molecule has 160 valence electrons. The van der Waals surface area contributed by atoms with Crippen LogP contribution in [0.3, 0.4) is 0 Å². The minimum atomic E-state index is -0.624. The van der Waals surface area contributed by atoms with E-state index in [1.165, 1.54) is 77.0 Å². The quantitative estimate of drug-likeness (QED) is 0.152. The molecule has 0 aromatic carbocycles. The number of unbranched alkanes of at least 4 members (excludes halogenated alkanes) is 11. The second-order valence-electron chi connectivity index (χ2n) is 8.76. The van der Waals surface area contributed by atoms with Gasteiger partial charge < -0.3 is 14.3 Å². The molecule has 4 heteroatoms. The van der Waals surface area contributed by atoms with E-state index in [2.05, 4.69) is 27.6 Å². The van der Waals surface area contributed by atoms with Gasteiger partial charge in [-0.15, -0.1) is 0 Å². The molecule has 0 amide bonds. The van der Waals surface area contributed by atoms with Gasteiger partial charge in [-0.3, -0.25) is 0 Å². The Bertz CT molecular complexity index is 393. The second kappa shape index (κ2) is 16.1. The normalized spacial score (nSPS) is 12.8. The average Bonchev–Trinajstić information content (AvgIpc) is 2.60. The molecule has 0 aliphatic carbocycles. The number of rotatable bonds is 18. The number of esters is 1. The number of hydrogen-bond acceptors (Lipinski definition) is 3.